The van der Waals surface area contributed by atoms with Gasteiger partial charge in [0.15, 0.2) is 0 Å². The van der Waals surface area contributed by atoms with E-state index in [4.69, 9.17) is 23.2 Å². The summed E-state index contributed by atoms with van der Waals surface area (Å²) in [6, 6.07) is 6.38. The van der Waals surface area contributed by atoms with Gasteiger partial charge in [-0.15, -0.1) is 0 Å². The van der Waals surface area contributed by atoms with Gasteiger partial charge in [-0.2, -0.15) is 0 Å². The van der Waals surface area contributed by atoms with Crippen molar-refractivity contribution in [3.05, 3.63) is 33.8 Å². The molecule has 0 amide bonds. The number of nitrogens with zero attached hydrogens (tertiary/aromatic N) is 1. The molecular weight excluding hydrogens is 291 g/mol. The maximum Gasteiger partial charge on any atom is 0.0424 e. The van der Waals surface area contributed by atoms with E-state index in [-0.39, 0.29) is 0 Å². The topological polar surface area (TPSA) is 15.3 Å². The summed E-state index contributed by atoms with van der Waals surface area (Å²) < 4.78 is 0. The van der Waals surface area contributed by atoms with Gasteiger partial charge < -0.3 is 5.32 Å². The fourth-order valence-corrected chi connectivity index (χ4v) is 3.36. The van der Waals surface area contributed by atoms with E-state index in [1.54, 1.807) is 0 Å². The Hall–Kier alpha value is -0.280. The van der Waals surface area contributed by atoms with Crippen LogP contribution in [-0.4, -0.2) is 31.1 Å². The van der Waals surface area contributed by atoms with Crippen LogP contribution in [0.5, 0.6) is 0 Å². The minimum absolute atomic E-state index is 0.427. The second-order valence-corrected chi connectivity index (χ2v) is 6.85. The fraction of sp³-hybridized carbons (Fsp3) is 0.625. The minimum Gasteiger partial charge on any atom is -0.314 e. The van der Waals surface area contributed by atoms with E-state index < -0.39 is 0 Å². The Kier molecular flexibility index (Phi) is 6.16. The minimum atomic E-state index is 0.427. The molecule has 1 aliphatic rings. The summed E-state index contributed by atoms with van der Waals surface area (Å²) in [5.74, 6) is 0.718. The Balaban J connectivity index is 2.19. The molecule has 1 fully saturated rings. The number of hydrogen-bond acceptors (Lipinski definition) is 2. The normalized spacial score (nSPS) is 18.4. The van der Waals surface area contributed by atoms with Crippen LogP contribution in [0.4, 0.5) is 0 Å². The van der Waals surface area contributed by atoms with Gasteiger partial charge in [-0.1, -0.05) is 37.0 Å². The number of piperazine rings is 1. The molecule has 0 aromatic heterocycles. The van der Waals surface area contributed by atoms with Crippen molar-refractivity contribution in [2.24, 2.45) is 5.92 Å². The molecule has 0 unspecified atom stereocenters. The molecule has 1 heterocycles. The lowest BCUT2D eigenvalue weighted by Crippen LogP contribution is -2.45. The molecule has 1 aromatic carbocycles. The number of rotatable bonds is 5. The lowest BCUT2D eigenvalue weighted by molar-refractivity contribution is 0.160. The lowest BCUT2D eigenvalue weighted by atomic mass is 9.96. The molecule has 1 aliphatic heterocycles. The summed E-state index contributed by atoms with van der Waals surface area (Å²) in [6.45, 7) is 8.86. The van der Waals surface area contributed by atoms with Crippen molar-refractivity contribution in [3.8, 4) is 0 Å². The Morgan fingerprint density at radius 2 is 1.65 bits per heavy atom. The molecule has 0 spiro atoms. The van der Waals surface area contributed by atoms with E-state index in [0.717, 1.165) is 48.6 Å². The fourth-order valence-electron chi connectivity index (χ4n) is 2.81. The van der Waals surface area contributed by atoms with Crippen molar-refractivity contribution < 1.29 is 0 Å². The summed E-state index contributed by atoms with van der Waals surface area (Å²) in [4.78, 5) is 2.56. The molecule has 1 N–H and O–H groups in total. The Labute approximate surface area is 132 Å². The summed E-state index contributed by atoms with van der Waals surface area (Å²) in [7, 11) is 0. The number of nitrogens with one attached hydrogen (secondary N) is 1. The molecule has 0 aliphatic carbocycles. The molecule has 1 aromatic rings. The summed E-state index contributed by atoms with van der Waals surface area (Å²) in [5, 5.41) is 4.88. The first-order valence-electron chi connectivity index (χ1n) is 7.47. The van der Waals surface area contributed by atoms with Crippen LogP contribution in [-0.2, 0) is 0 Å². The number of benzene rings is 1. The lowest BCUT2D eigenvalue weighted by Gasteiger charge is -2.36. The SMILES string of the molecule is CC(C)CC[C@H](c1cc(Cl)cc(Cl)c1)N1CCNCC1. The van der Waals surface area contributed by atoms with Crippen LogP contribution in [0.15, 0.2) is 18.2 Å². The van der Waals surface area contributed by atoms with E-state index in [1.165, 1.54) is 12.0 Å². The molecule has 112 valence electrons. The summed E-state index contributed by atoms with van der Waals surface area (Å²) >= 11 is 12.4. The molecule has 1 atom stereocenters. The van der Waals surface area contributed by atoms with Gasteiger partial charge in [0.2, 0.25) is 0 Å². The van der Waals surface area contributed by atoms with Crippen LogP contribution in [0.25, 0.3) is 0 Å². The third-order valence-electron chi connectivity index (χ3n) is 3.88. The van der Waals surface area contributed by atoms with E-state index in [0.29, 0.717) is 6.04 Å². The quantitative estimate of drug-likeness (QED) is 0.867. The van der Waals surface area contributed by atoms with E-state index in [2.05, 4.69) is 36.2 Å². The largest absolute Gasteiger partial charge is 0.314 e. The van der Waals surface area contributed by atoms with E-state index in [9.17, 15) is 0 Å². The molecule has 2 nitrogen and oxygen atoms in total. The standard InChI is InChI=1S/C16H24Cl2N2/c1-12(2)3-4-16(20-7-5-19-6-8-20)13-9-14(17)11-15(18)10-13/h9-12,16,19H,3-8H2,1-2H3/t16-/m1/s1. The van der Waals surface area contributed by atoms with Crippen molar-refractivity contribution in [1.82, 2.24) is 10.2 Å². The zero-order chi connectivity index (χ0) is 14.5. The molecular formula is C16H24Cl2N2. The first-order valence-corrected chi connectivity index (χ1v) is 8.22. The van der Waals surface area contributed by atoms with Gasteiger partial charge in [0.25, 0.3) is 0 Å². The average molecular weight is 315 g/mol. The second kappa shape index (κ2) is 7.65. The maximum atomic E-state index is 6.18. The van der Waals surface area contributed by atoms with Crippen LogP contribution < -0.4 is 5.32 Å². The van der Waals surface area contributed by atoms with Crippen LogP contribution in [0.1, 0.15) is 38.3 Å². The van der Waals surface area contributed by atoms with Gasteiger partial charge in [0.05, 0.1) is 0 Å². The molecule has 0 bridgehead atoms. The number of halogens is 2. The molecule has 20 heavy (non-hydrogen) atoms. The molecule has 0 saturated carbocycles. The Bertz CT molecular complexity index is 408. The highest BCUT2D eigenvalue weighted by Crippen LogP contribution is 2.31. The van der Waals surface area contributed by atoms with Crippen LogP contribution in [0.2, 0.25) is 10.0 Å². The van der Waals surface area contributed by atoms with Gasteiger partial charge in [0, 0.05) is 42.3 Å². The van der Waals surface area contributed by atoms with Crippen molar-refractivity contribution >= 4 is 23.2 Å². The van der Waals surface area contributed by atoms with Crippen LogP contribution >= 0.6 is 23.2 Å². The molecule has 2 rings (SSSR count). The maximum absolute atomic E-state index is 6.18. The van der Waals surface area contributed by atoms with E-state index in [1.807, 2.05) is 6.07 Å². The predicted molar refractivity (Wildman–Crippen MR) is 87.7 cm³/mol. The van der Waals surface area contributed by atoms with Crippen LogP contribution in [0, 0.1) is 5.92 Å². The first kappa shape index (κ1) is 16.1. The molecule has 1 saturated heterocycles. The smallest absolute Gasteiger partial charge is 0.0424 e. The zero-order valence-corrected chi connectivity index (χ0v) is 13.8. The monoisotopic (exact) mass is 314 g/mol. The van der Waals surface area contributed by atoms with Gasteiger partial charge >= 0.3 is 0 Å². The average Bonchev–Trinajstić information content (AvgIpc) is 2.38. The first-order chi connectivity index (χ1) is 9.56. The predicted octanol–water partition coefficient (Wildman–Crippen LogP) is 4.38. The number of hydrogen-bond donors (Lipinski definition) is 1. The summed E-state index contributed by atoms with van der Waals surface area (Å²) in [5.41, 5.74) is 1.25. The van der Waals surface area contributed by atoms with Crippen LogP contribution in [0.3, 0.4) is 0 Å². The molecule has 4 heteroatoms. The highest BCUT2D eigenvalue weighted by molar-refractivity contribution is 6.34. The van der Waals surface area contributed by atoms with Gasteiger partial charge in [-0.3, -0.25) is 4.90 Å². The third-order valence-corrected chi connectivity index (χ3v) is 4.32. The third kappa shape index (κ3) is 4.63. The Morgan fingerprint density at radius 3 is 2.20 bits per heavy atom. The van der Waals surface area contributed by atoms with Crippen molar-refractivity contribution in [2.45, 2.75) is 32.7 Å². The zero-order valence-electron chi connectivity index (χ0n) is 12.3. The Morgan fingerprint density at radius 1 is 1.05 bits per heavy atom. The van der Waals surface area contributed by atoms with Gasteiger partial charge in [-0.25, -0.2) is 0 Å². The van der Waals surface area contributed by atoms with Gasteiger partial charge in [0.1, 0.15) is 0 Å². The molecule has 0 radical (unpaired) electrons. The van der Waals surface area contributed by atoms with Crippen molar-refractivity contribution in [3.63, 3.8) is 0 Å². The highest BCUT2D eigenvalue weighted by Gasteiger charge is 2.22. The highest BCUT2D eigenvalue weighted by atomic mass is 35.5. The van der Waals surface area contributed by atoms with Gasteiger partial charge in [-0.05, 0) is 42.5 Å². The van der Waals surface area contributed by atoms with Crippen molar-refractivity contribution in [2.75, 3.05) is 26.2 Å². The van der Waals surface area contributed by atoms with E-state index >= 15 is 0 Å². The van der Waals surface area contributed by atoms with Crippen molar-refractivity contribution in [1.29, 1.82) is 0 Å². The second-order valence-electron chi connectivity index (χ2n) is 5.98. The summed E-state index contributed by atoms with van der Waals surface area (Å²) in [6.07, 6.45) is 2.38.